The number of azo groups is 1. The molecule has 3 aromatic rings. The lowest BCUT2D eigenvalue weighted by Gasteiger charge is -2.27. The van der Waals surface area contributed by atoms with E-state index in [0.717, 1.165) is 18.8 Å². The molecule has 0 aliphatic carbocycles. The van der Waals surface area contributed by atoms with Gasteiger partial charge in [0, 0.05) is 22.8 Å². The third-order valence-corrected chi connectivity index (χ3v) is 6.91. The molecule has 0 atom stereocenters. The fourth-order valence-corrected chi connectivity index (χ4v) is 5.17. The minimum atomic E-state index is -0.353. The van der Waals surface area contributed by atoms with Gasteiger partial charge < -0.3 is 9.64 Å². The molecular weight excluding hydrogens is 390 g/mol. The average molecular weight is 412 g/mol. The van der Waals surface area contributed by atoms with Gasteiger partial charge in [0.1, 0.15) is 10.7 Å². The zero-order valence-corrected chi connectivity index (χ0v) is 17.3. The van der Waals surface area contributed by atoms with Crippen LogP contribution in [0, 0.1) is 0 Å². The molecule has 0 bridgehead atoms. The molecule has 1 aliphatic rings. The van der Waals surface area contributed by atoms with Crippen LogP contribution in [-0.2, 0) is 4.74 Å². The number of anilines is 1. The van der Waals surface area contributed by atoms with E-state index in [0.29, 0.717) is 11.3 Å². The highest BCUT2D eigenvalue weighted by atomic mass is 32.1. The van der Waals surface area contributed by atoms with Gasteiger partial charge in [-0.25, -0.2) is 4.79 Å². The van der Waals surface area contributed by atoms with Gasteiger partial charge >= 0.3 is 5.97 Å². The molecule has 5 nitrogen and oxygen atoms in total. The van der Waals surface area contributed by atoms with Crippen molar-refractivity contribution in [1.29, 1.82) is 0 Å². The van der Waals surface area contributed by atoms with E-state index in [-0.39, 0.29) is 5.97 Å². The van der Waals surface area contributed by atoms with E-state index in [9.17, 15) is 4.79 Å². The Kier molecular flexibility index (Phi) is 5.83. The SMILES string of the molecule is COC(=O)c1ccc(N=Nc2cc(-c3cccs3)sc2N2CCCCC2)cc1. The van der Waals surface area contributed by atoms with E-state index < -0.39 is 0 Å². The molecular formula is C21H21N3O2S2. The minimum Gasteiger partial charge on any atom is -0.465 e. The Morgan fingerprint density at radius 1 is 1.04 bits per heavy atom. The van der Waals surface area contributed by atoms with Crippen molar-refractivity contribution in [2.45, 2.75) is 19.3 Å². The molecule has 1 aromatic carbocycles. The molecule has 1 aliphatic heterocycles. The molecule has 7 heteroatoms. The normalized spacial score (nSPS) is 14.5. The fraction of sp³-hybridized carbons (Fsp3) is 0.286. The monoisotopic (exact) mass is 411 g/mol. The largest absolute Gasteiger partial charge is 0.465 e. The predicted octanol–water partition coefficient (Wildman–Crippen LogP) is 6.67. The highest BCUT2D eigenvalue weighted by Crippen LogP contribution is 2.45. The second kappa shape index (κ2) is 8.67. The van der Waals surface area contributed by atoms with Crippen LogP contribution >= 0.6 is 22.7 Å². The van der Waals surface area contributed by atoms with Crippen molar-refractivity contribution in [1.82, 2.24) is 0 Å². The summed E-state index contributed by atoms with van der Waals surface area (Å²) in [4.78, 5) is 16.5. The molecule has 144 valence electrons. The number of ether oxygens (including phenoxy) is 1. The lowest BCUT2D eigenvalue weighted by atomic mass is 10.1. The van der Waals surface area contributed by atoms with E-state index in [4.69, 9.17) is 4.74 Å². The van der Waals surface area contributed by atoms with E-state index >= 15 is 0 Å². The lowest BCUT2D eigenvalue weighted by Crippen LogP contribution is -2.28. The first-order valence-electron chi connectivity index (χ1n) is 9.27. The van der Waals surface area contributed by atoms with Crippen LogP contribution in [0.3, 0.4) is 0 Å². The quantitative estimate of drug-likeness (QED) is 0.348. The van der Waals surface area contributed by atoms with Crippen molar-refractivity contribution in [2.24, 2.45) is 10.2 Å². The van der Waals surface area contributed by atoms with Crippen LogP contribution in [0.15, 0.2) is 58.1 Å². The maximum Gasteiger partial charge on any atom is 0.337 e. The average Bonchev–Trinajstić information content (AvgIpc) is 3.42. The molecule has 0 saturated carbocycles. The Balaban J connectivity index is 1.62. The summed E-state index contributed by atoms with van der Waals surface area (Å²) in [6.07, 6.45) is 3.73. The molecule has 1 fully saturated rings. The molecule has 0 radical (unpaired) electrons. The third-order valence-electron chi connectivity index (χ3n) is 4.66. The van der Waals surface area contributed by atoms with E-state index in [1.54, 1.807) is 46.9 Å². The Bertz CT molecular complexity index is 956. The van der Waals surface area contributed by atoms with Crippen LogP contribution in [0.5, 0.6) is 0 Å². The van der Waals surface area contributed by atoms with Crippen molar-refractivity contribution in [3.63, 3.8) is 0 Å². The van der Waals surface area contributed by atoms with E-state index in [2.05, 4.69) is 38.7 Å². The Hall–Kier alpha value is -2.51. The summed E-state index contributed by atoms with van der Waals surface area (Å²) in [5.41, 5.74) is 2.12. The second-order valence-corrected chi connectivity index (χ2v) is 8.54. The van der Waals surface area contributed by atoms with Crippen molar-refractivity contribution in [3.8, 4) is 9.75 Å². The van der Waals surface area contributed by atoms with Gasteiger partial charge in [0.2, 0.25) is 0 Å². The van der Waals surface area contributed by atoms with Gasteiger partial charge in [0.15, 0.2) is 0 Å². The molecule has 0 unspecified atom stereocenters. The van der Waals surface area contributed by atoms with Gasteiger partial charge in [0.25, 0.3) is 0 Å². The molecule has 2 aromatic heterocycles. The molecule has 4 rings (SSSR count). The topological polar surface area (TPSA) is 54.3 Å². The van der Waals surface area contributed by atoms with Crippen LogP contribution in [0.25, 0.3) is 9.75 Å². The van der Waals surface area contributed by atoms with Gasteiger partial charge in [-0.15, -0.1) is 27.8 Å². The summed E-state index contributed by atoms with van der Waals surface area (Å²) in [6, 6.07) is 13.3. The Labute approximate surface area is 172 Å². The molecule has 28 heavy (non-hydrogen) atoms. The number of thiophene rings is 2. The summed E-state index contributed by atoms with van der Waals surface area (Å²) < 4.78 is 4.73. The number of rotatable bonds is 5. The van der Waals surface area contributed by atoms with Gasteiger partial charge in [0.05, 0.1) is 18.4 Å². The van der Waals surface area contributed by atoms with Gasteiger partial charge in [-0.05, 0) is 61.0 Å². The zero-order chi connectivity index (χ0) is 19.3. The number of hydrogen-bond donors (Lipinski definition) is 0. The summed E-state index contributed by atoms with van der Waals surface area (Å²) in [5, 5.41) is 12.3. The Morgan fingerprint density at radius 3 is 2.50 bits per heavy atom. The van der Waals surface area contributed by atoms with Gasteiger partial charge in [-0.3, -0.25) is 0 Å². The summed E-state index contributed by atoms with van der Waals surface area (Å²) in [7, 11) is 1.37. The smallest absolute Gasteiger partial charge is 0.337 e. The van der Waals surface area contributed by atoms with Crippen molar-refractivity contribution in [2.75, 3.05) is 25.1 Å². The standard InChI is InChI=1S/C21H21N3O2S2/c1-26-21(25)15-7-9-16(10-8-15)22-23-17-14-19(18-6-5-13-27-18)28-20(17)24-11-3-2-4-12-24/h5-10,13-14H,2-4,11-12H2,1H3. The molecule has 0 spiro atoms. The van der Waals surface area contributed by atoms with E-state index in [1.165, 1.54) is 41.1 Å². The third kappa shape index (κ3) is 4.15. The van der Waals surface area contributed by atoms with Gasteiger partial charge in [-0.1, -0.05) is 6.07 Å². The van der Waals surface area contributed by atoms with Gasteiger partial charge in [-0.2, -0.15) is 5.11 Å². The first kappa shape index (κ1) is 18.8. The fourth-order valence-electron chi connectivity index (χ4n) is 3.20. The number of hydrogen-bond acceptors (Lipinski definition) is 7. The van der Waals surface area contributed by atoms with Crippen LogP contribution in [0.2, 0.25) is 0 Å². The molecule has 0 N–H and O–H groups in total. The number of piperidine rings is 1. The summed E-state index contributed by atoms with van der Waals surface area (Å²) >= 11 is 3.53. The Morgan fingerprint density at radius 2 is 1.82 bits per heavy atom. The maximum absolute atomic E-state index is 11.6. The number of methoxy groups -OCH3 is 1. The zero-order valence-electron chi connectivity index (χ0n) is 15.6. The number of carbonyl (C=O) groups is 1. The molecule has 0 amide bonds. The number of carbonyl (C=O) groups excluding carboxylic acids is 1. The highest BCUT2D eigenvalue weighted by Gasteiger charge is 2.19. The van der Waals surface area contributed by atoms with Crippen LogP contribution in [0.4, 0.5) is 16.4 Å². The molecule has 1 saturated heterocycles. The van der Waals surface area contributed by atoms with Crippen molar-refractivity contribution >= 4 is 45.0 Å². The number of esters is 1. The van der Waals surface area contributed by atoms with E-state index in [1.807, 2.05) is 0 Å². The first-order chi connectivity index (χ1) is 13.7. The number of nitrogens with zero attached hydrogens (tertiary/aromatic N) is 3. The van der Waals surface area contributed by atoms with Crippen LogP contribution in [-0.4, -0.2) is 26.2 Å². The first-order valence-corrected chi connectivity index (χ1v) is 11.0. The molecule has 3 heterocycles. The summed E-state index contributed by atoms with van der Waals surface area (Å²) in [5.74, 6) is -0.353. The van der Waals surface area contributed by atoms with Crippen molar-refractivity contribution in [3.05, 3.63) is 53.4 Å². The lowest BCUT2D eigenvalue weighted by molar-refractivity contribution is 0.0601. The predicted molar refractivity (Wildman–Crippen MR) is 116 cm³/mol. The second-order valence-electron chi connectivity index (χ2n) is 6.56. The van der Waals surface area contributed by atoms with Crippen LogP contribution in [0.1, 0.15) is 29.6 Å². The van der Waals surface area contributed by atoms with Crippen LogP contribution < -0.4 is 4.90 Å². The maximum atomic E-state index is 11.6. The van der Waals surface area contributed by atoms with Crippen molar-refractivity contribution < 1.29 is 9.53 Å². The highest BCUT2D eigenvalue weighted by molar-refractivity contribution is 7.24. The number of benzene rings is 1. The summed E-state index contributed by atoms with van der Waals surface area (Å²) in [6.45, 7) is 2.14. The minimum absolute atomic E-state index is 0.353.